The monoisotopic (exact) mass is 392 g/mol. The Labute approximate surface area is 159 Å². The molecule has 138 valence electrons. The third-order valence-electron chi connectivity index (χ3n) is 4.53. The van der Waals surface area contributed by atoms with Crippen LogP contribution in [0.2, 0.25) is 5.02 Å². The number of hydrogen-bond acceptors (Lipinski definition) is 3. The number of para-hydroxylation sites is 1. The normalized spacial score (nSPS) is 15.2. The van der Waals surface area contributed by atoms with E-state index < -0.39 is 15.9 Å². The minimum Gasteiger partial charge on any atom is -0.322 e. The van der Waals surface area contributed by atoms with Gasteiger partial charge in [-0.2, -0.15) is 4.31 Å². The molecule has 0 bridgehead atoms. The summed E-state index contributed by atoms with van der Waals surface area (Å²) >= 11 is 6.17. The number of nitrogens with one attached hydrogen (secondary N) is 1. The summed E-state index contributed by atoms with van der Waals surface area (Å²) in [7, 11) is -3.60. The number of hydrogen-bond donors (Lipinski definition) is 1. The number of benzene rings is 2. The van der Waals surface area contributed by atoms with Crippen LogP contribution < -0.4 is 5.32 Å². The zero-order chi connectivity index (χ0) is 18.7. The molecule has 1 heterocycles. The molecule has 2 aromatic carbocycles. The van der Waals surface area contributed by atoms with E-state index in [1.165, 1.54) is 22.5 Å². The Morgan fingerprint density at radius 3 is 2.54 bits per heavy atom. The number of carbonyl (C=O) groups is 1. The molecule has 1 aliphatic heterocycles. The zero-order valence-electron chi connectivity index (χ0n) is 14.5. The van der Waals surface area contributed by atoms with Gasteiger partial charge >= 0.3 is 0 Å². The molecule has 0 unspecified atom stereocenters. The van der Waals surface area contributed by atoms with Crippen LogP contribution in [0, 0.1) is 0 Å². The lowest BCUT2D eigenvalue weighted by Gasteiger charge is -2.16. The fourth-order valence-corrected chi connectivity index (χ4v) is 4.80. The average Bonchev–Trinajstić information content (AvgIpc) is 3.18. The van der Waals surface area contributed by atoms with Gasteiger partial charge in [-0.3, -0.25) is 4.79 Å². The molecule has 26 heavy (non-hydrogen) atoms. The van der Waals surface area contributed by atoms with Crippen LogP contribution in [0.15, 0.2) is 47.4 Å². The molecule has 0 radical (unpaired) electrons. The van der Waals surface area contributed by atoms with E-state index in [1.807, 2.05) is 31.2 Å². The van der Waals surface area contributed by atoms with E-state index in [1.54, 1.807) is 0 Å². The Morgan fingerprint density at radius 1 is 1.15 bits per heavy atom. The SMILES string of the molecule is CCc1ccccc1NC(=O)c1cc(S(=O)(=O)N2CCCC2)ccc1Cl. The van der Waals surface area contributed by atoms with E-state index in [4.69, 9.17) is 11.6 Å². The smallest absolute Gasteiger partial charge is 0.257 e. The maximum Gasteiger partial charge on any atom is 0.257 e. The first-order valence-electron chi connectivity index (χ1n) is 8.62. The van der Waals surface area contributed by atoms with Crippen molar-refractivity contribution in [2.75, 3.05) is 18.4 Å². The quantitative estimate of drug-likeness (QED) is 0.838. The van der Waals surface area contributed by atoms with Crippen LogP contribution in [0.25, 0.3) is 0 Å². The standard InChI is InChI=1S/C19H21ClN2O3S/c1-2-14-7-3-4-8-18(14)21-19(23)16-13-15(9-10-17(16)20)26(24,25)22-11-5-6-12-22/h3-4,7-10,13H,2,5-6,11-12H2,1H3,(H,21,23). The fraction of sp³-hybridized carbons (Fsp3) is 0.316. The molecular formula is C19H21ClN2O3S. The van der Waals surface area contributed by atoms with Gasteiger partial charge in [0.1, 0.15) is 0 Å². The van der Waals surface area contributed by atoms with Crippen molar-refractivity contribution in [2.45, 2.75) is 31.1 Å². The van der Waals surface area contributed by atoms with Crippen molar-refractivity contribution in [1.82, 2.24) is 4.31 Å². The first-order valence-corrected chi connectivity index (χ1v) is 10.4. The second kappa shape index (κ2) is 7.78. The summed E-state index contributed by atoms with van der Waals surface area (Å²) in [6, 6.07) is 11.8. The van der Waals surface area contributed by atoms with Gasteiger partial charge in [0.15, 0.2) is 0 Å². The molecule has 0 atom stereocenters. The zero-order valence-corrected chi connectivity index (χ0v) is 16.1. The highest BCUT2D eigenvalue weighted by Gasteiger charge is 2.28. The molecule has 2 aromatic rings. The maximum atomic E-state index is 12.7. The molecule has 0 saturated carbocycles. The van der Waals surface area contributed by atoms with Crippen molar-refractivity contribution >= 4 is 33.2 Å². The molecule has 0 spiro atoms. The Morgan fingerprint density at radius 2 is 1.85 bits per heavy atom. The van der Waals surface area contributed by atoms with Gasteiger partial charge in [-0.25, -0.2) is 8.42 Å². The van der Waals surface area contributed by atoms with Crippen LogP contribution in [0.4, 0.5) is 5.69 Å². The van der Waals surface area contributed by atoms with Crippen LogP contribution in [-0.4, -0.2) is 31.7 Å². The molecule has 1 fully saturated rings. The number of nitrogens with zero attached hydrogens (tertiary/aromatic N) is 1. The van der Waals surface area contributed by atoms with Gasteiger partial charge in [-0.15, -0.1) is 0 Å². The van der Waals surface area contributed by atoms with E-state index in [-0.39, 0.29) is 15.5 Å². The van der Waals surface area contributed by atoms with E-state index in [9.17, 15) is 13.2 Å². The van der Waals surface area contributed by atoms with Gasteiger partial charge in [0.2, 0.25) is 10.0 Å². The van der Waals surface area contributed by atoms with Gasteiger partial charge in [0.25, 0.3) is 5.91 Å². The van der Waals surface area contributed by atoms with Crippen molar-refractivity contribution in [2.24, 2.45) is 0 Å². The van der Waals surface area contributed by atoms with E-state index in [0.29, 0.717) is 18.8 Å². The minimum atomic E-state index is -3.60. The van der Waals surface area contributed by atoms with Crippen LogP contribution in [0.3, 0.4) is 0 Å². The summed E-state index contributed by atoms with van der Waals surface area (Å²) in [5, 5.41) is 3.05. The highest BCUT2D eigenvalue weighted by Crippen LogP contribution is 2.26. The summed E-state index contributed by atoms with van der Waals surface area (Å²) in [4.78, 5) is 12.8. The van der Waals surface area contributed by atoms with Crippen LogP contribution in [-0.2, 0) is 16.4 Å². The third-order valence-corrected chi connectivity index (χ3v) is 6.76. The lowest BCUT2D eigenvalue weighted by molar-refractivity contribution is 0.102. The number of anilines is 1. The maximum absolute atomic E-state index is 12.7. The van der Waals surface area contributed by atoms with Crippen molar-refractivity contribution in [1.29, 1.82) is 0 Å². The number of amides is 1. The topological polar surface area (TPSA) is 66.5 Å². The molecular weight excluding hydrogens is 372 g/mol. The predicted molar refractivity (Wildman–Crippen MR) is 103 cm³/mol. The molecule has 3 rings (SSSR count). The summed E-state index contributed by atoms with van der Waals surface area (Å²) in [6.45, 7) is 3.02. The predicted octanol–water partition coefficient (Wildman–Crippen LogP) is 3.94. The van der Waals surface area contributed by atoms with Gasteiger partial charge in [0, 0.05) is 18.8 Å². The molecule has 1 saturated heterocycles. The molecule has 1 N–H and O–H groups in total. The third kappa shape index (κ3) is 3.77. The van der Waals surface area contributed by atoms with Gasteiger partial charge in [-0.1, -0.05) is 36.7 Å². The Kier molecular flexibility index (Phi) is 5.65. The Balaban J connectivity index is 1.91. The summed E-state index contributed by atoms with van der Waals surface area (Å²) in [6.07, 6.45) is 2.48. The summed E-state index contributed by atoms with van der Waals surface area (Å²) in [5.74, 6) is -0.422. The molecule has 5 nitrogen and oxygen atoms in total. The lowest BCUT2D eigenvalue weighted by atomic mass is 10.1. The summed E-state index contributed by atoms with van der Waals surface area (Å²) < 4.78 is 26.9. The lowest BCUT2D eigenvalue weighted by Crippen LogP contribution is -2.28. The van der Waals surface area contributed by atoms with E-state index >= 15 is 0 Å². The first-order chi connectivity index (χ1) is 12.4. The molecule has 1 amide bonds. The second-order valence-corrected chi connectivity index (χ2v) is 8.56. The van der Waals surface area contributed by atoms with E-state index in [2.05, 4.69) is 5.32 Å². The molecule has 1 aliphatic rings. The molecule has 7 heteroatoms. The van der Waals surface area contributed by atoms with Gasteiger partial charge in [-0.05, 0) is 49.1 Å². The Bertz CT molecular complexity index is 922. The number of halogens is 1. The number of sulfonamides is 1. The number of carbonyl (C=O) groups excluding carboxylic acids is 1. The van der Waals surface area contributed by atoms with Crippen LogP contribution in [0.5, 0.6) is 0 Å². The second-order valence-electron chi connectivity index (χ2n) is 6.22. The van der Waals surface area contributed by atoms with E-state index in [0.717, 1.165) is 24.8 Å². The van der Waals surface area contributed by atoms with Gasteiger partial charge < -0.3 is 5.32 Å². The van der Waals surface area contributed by atoms with Crippen LogP contribution in [0.1, 0.15) is 35.7 Å². The molecule has 0 aromatic heterocycles. The van der Waals surface area contributed by atoms with Crippen molar-refractivity contribution in [3.8, 4) is 0 Å². The highest BCUT2D eigenvalue weighted by atomic mass is 35.5. The highest BCUT2D eigenvalue weighted by molar-refractivity contribution is 7.89. The number of aryl methyl sites for hydroxylation is 1. The van der Waals surface area contributed by atoms with Crippen molar-refractivity contribution in [3.63, 3.8) is 0 Å². The van der Waals surface area contributed by atoms with Crippen LogP contribution >= 0.6 is 11.6 Å². The van der Waals surface area contributed by atoms with Gasteiger partial charge in [0.05, 0.1) is 15.5 Å². The molecule has 0 aliphatic carbocycles. The Hall–Kier alpha value is -1.89. The largest absolute Gasteiger partial charge is 0.322 e. The summed E-state index contributed by atoms with van der Waals surface area (Å²) in [5.41, 5.74) is 1.85. The average molecular weight is 393 g/mol. The van der Waals surface area contributed by atoms with Crippen molar-refractivity contribution in [3.05, 3.63) is 58.6 Å². The fourth-order valence-electron chi connectivity index (χ4n) is 3.06. The number of rotatable bonds is 5. The first kappa shape index (κ1) is 18.9. The minimum absolute atomic E-state index is 0.0951. The van der Waals surface area contributed by atoms with Crippen molar-refractivity contribution < 1.29 is 13.2 Å².